The van der Waals surface area contributed by atoms with E-state index in [4.69, 9.17) is 4.98 Å². The molecule has 7 nitrogen and oxygen atoms in total. The molecule has 1 heterocycles. The van der Waals surface area contributed by atoms with Crippen LogP contribution < -0.4 is 5.43 Å². The van der Waals surface area contributed by atoms with Gasteiger partial charge in [-0.1, -0.05) is 78.9 Å². The van der Waals surface area contributed by atoms with Crippen molar-refractivity contribution < 1.29 is 9.72 Å². The van der Waals surface area contributed by atoms with E-state index in [1.54, 1.807) is 18.2 Å². The monoisotopic (exact) mass is 472 g/mol. The highest BCUT2D eigenvalue weighted by atomic mass is 16.6. The molecule has 0 unspecified atom stereocenters. The lowest BCUT2D eigenvalue weighted by atomic mass is 10.0. The van der Waals surface area contributed by atoms with E-state index in [2.05, 4.69) is 10.5 Å². The summed E-state index contributed by atoms with van der Waals surface area (Å²) >= 11 is 0. The summed E-state index contributed by atoms with van der Waals surface area (Å²) in [7, 11) is 0. The third kappa shape index (κ3) is 4.71. The fraction of sp³-hybridized carbons (Fsp3) is 0. The molecule has 36 heavy (non-hydrogen) atoms. The zero-order valence-corrected chi connectivity index (χ0v) is 19.0. The molecule has 1 amide bonds. The number of hydrazone groups is 1. The number of hydrogen-bond donors (Lipinski definition) is 1. The first-order valence-corrected chi connectivity index (χ1v) is 11.2. The molecular weight excluding hydrogens is 452 g/mol. The number of pyridine rings is 1. The lowest BCUT2D eigenvalue weighted by molar-refractivity contribution is -0.384. The lowest BCUT2D eigenvalue weighted by Crippen LogP contribution is -2.21. The van der Waals surface area contributed by atoms with Crippen LogP contribution in [0.25, 0.3) is 22.2 Å². The van der Waals surface area contributed by atoms with Gasteiger partial charge >= 0.3 is 0 Å². The first-order chi connectivity index (χ1) is 17.6. The van der Waals surface area contributed by atoms with Crippen molar-refractivity contribution in [2.24, 2.45) is 5.10 Å². The van der Waals surface area contributed by atoms with E-state index in [1.165, 1.54) is 12.1 Å². The maximum absolute atomic E-state index is 13.4. The van der Waals surface area contributed by atoms with E-state index in [1.807, 2.05) is 84.9 Å². The van der Waals surface area contributed by atoms with Crippen molar-refractivity contribution in [1.82, 2.24) is 10.4 Å². The number of non-ortho nitro benzene ring substituents is 1. The smallest absolute Gasteiger partial charge is 0.267 e. The summed E-state index contributed by atoms with van der Waals surface area (Å²) in [4.78, 5) is 28.8. The van der Waals surface area contributed by atoms with Gasteiger partial charge in [-0.15, -0.1) is 0 Å². The van der Waals surface area contributed by atoms with E-state index in [0.29, 0.717) is 33.4 Å². The van der Waals surface area contributed by atoms with Crippen LogP contribution in [-0.4, -0.2) is 21.5 Å². The standard InChI is InChI=1S/C29H20N4O3/c34-29(25-19-27(20-9-3-1-4-10-20)30-26-14-8-7-13-24(25)26)32-31-28(21-11-5-2-6-12-21)22-15-17-23(18-16-22)33(35)36/h1-19H,(H,32,34)/b31-28-. The topological polar surface area (TPSA) is 97.5 Å². The highest BCUT2D eigenvalue weighted by molar-refractivity contribution is 6.14. The highest BCUT2D eigenvalue weighted by Crippen LogP contribution is 2.25. The molecule has 174 valence electrons. The minimum atomic E-state index is -0.455. The normalized spacial score (nSPS) is 11.3. The largest absolute Gasteiger partial charge is 0.272 e. The van der Waals surface area contributed by atoms with E-state index in [0.717, 1.165) is 11.1 Å². The average Bonchev–Trinajstić information content (AvgIpc) is 2.93. The Morgan fingerprint density at radius 3 is 2.08 bits per heavy atom. The summed E-state index contributed by atoms with van der Waals surface area (Å²) in [5, 5.41) is 16.2. The van der Waals surface area contributed by atoms with Gasteiger partial charge in [-0.2, -0.15) is 5.10 Å². The Labute approximate surface area is 206 Å². The van der Waals surface area contributed by atoms with Crippen LogP contribution >= 0.6 is 0 Å². The molecule has 0 radical (unpaired) electrons. The molecule has 5 aromatic rings. The van der Waals surface area contributed by atoms with Crippen molar-refractivity contribution in [3.8, 4) is 11.3 Å². The van der Waals surface area contributed by atoms with E-state index in [9.17, 15) is 14.9 Å². The summed E-state index contributed by atoms with van der Waals surface area (Å²) in [5.41, 5.74) is 7.28. The molecule has 7 heteroatoms. The quantitative estimate of drug-likeness (QED) is 0.186. The van der Waals surface area contributed by atoms with E-state index in [-0.39, 0.29) is 11.6 Å². The lowest BCUT2D eigenvalue weighted by Gasteiger charge is -2.11. The second-order valence-electron chi connectivity index (χ2n) is 8.01. The van der Waals surface area contributed by atoms with Crippen molar-refractivity contribution in [3.05, 3.63) is 142 Å². The Hall–Kier alpha value is -5.17. The molecule has 4 aromatic carbocycles. The third-order valence-electron chi connectivity index (χ3n) is 5.70. The minimum absolute atomic E-state index is 0.0214. The molecule has 1 N–H and O–H groups in total. The maximum atomic E-state index is 13.4. The predicted octanol–water partition coefficient (Wildman–Crippen LogP) is 5.99. The fourth-order valence-corrected chi connectivity index (χ4v) is 3.92. The molecule has 0 saturated heterocycles. The molecular formula is C29H20N4O3. The van der Waals surface area contributed by atoms with Crippen LogP contribution in [-0.2, 0) is 0 Å². The van der Waals surface area contributed by atoms with Crippen molar-refractivity contribution in [2.75, 3.05) is 0 Å². The molecule has 5 rings (SSSR count). The SMILES string of the molecule is O=C(N/N=C(/c1ccccc1)c1ccc([N+](=O)[O-])cc1)c1cc(-c2ccccc2)nc2ccccc12. The number of para-hydroxylation sites is 1. The number of benzene rings is 4. The number of nitro benzene ring substituents is 1. The molecule has 1 aromatic heterocycles. The first kappa shape index (κ1) is 22.6. The Kier molecular flexibility index (Phi) is 6.27. The third-order valence-corrected chi connectivity index (χ3v) is 5.70. The number of rotatable bonds is 6. The van der Waals surface area contributed by atoms with Gasteiger partial charge in [0.15, 0.2) is 0 Å². The zero-order chi connectivity index (χ0) is 24.9. The summed E-state index contributed by atoms with van der Waals surface area (Å²) in [6.07, 6.45) is 0. The molecule has 0 aliphatic rings. The number of amides is 1. The average molecular weight is 473 g/mol. The van der Waals surface area contributed by atoms with Crippen LogP contribution in [0, 0.1) is 10.1 Å². The molecule has 0 aliphatic heterocycles. The van der Waals surface area contributed by atoms with Crippen molar-refractivity contribution in [3.63, 3.8) is 0 Å². The number of aromatic nitrogens is 1. The molecule has 0 bridgehead atoms. The Bertz CT molecular complexity index is 1580. The van der Waals surface area contributed by atoms with Crippen LogP contribution in [0.4, 0.5) is 5.69 Å². The Balaban J connectivity index is 1.55. The first-order valence-electron chi connectivity index (χ1n) is 11.2. The summed E-state index contributed by atoms with van der Waals surface area (Å²) in [6, 6.07) is 34.3. The second-order valence-corrected chi connectivity index (χ2v) is 8.01. The summed E-state index contributed by atoms with van der Waals surface area (Å²) in [6.45, 7) is 0. The number of nitrogens with zero attached hydrogens (tertiary/aromatic N) is 3. The van der Waals surface area contributed by atoms with Crippen LogP contribution in [0.15, 0.2) is 120 Å². The van der Waals surface area contributed by atoms with E-state index < -0.39 is 4.92 Å². The Morgan fingerprint density at radius 2 is 1.39 bits per heavy atom. The molecule has 0 spiro atoms. The highest BCUT2D eigenvalue weighted by Gasteiger charge is 2.15. The van der Waals surface area contributed by atoms with Crippen molar-refractivity contribution in [1.29, 1.82) is 0 Å². The molecule has 0 fully saturated rings. The van der Waals surface area contributed by atoms with Crippen molar-refractivity contribution in [2.45, 2.75) is 0 Å². The van der Waals surface area contributed by atoms with Gasteiger partial charge in [0.1, 0.15) is 0 Å². The maximum Gasteiger partial charge on any atom is 0.272 e. The summed E-state index contributed by atoms with van der Waals surface area (Å²) < 4.78 is 0. The Morgan fingerprint density at radius 1 is 0.778 bits per heavy atom. The van der Waals surface area contributed by atoms with E-state index >= 15 is 0 Å². The van der Waals surface area contributed by atoms with Gasteiger partial charge in [-0.05, 0) is 24.3 Å². The van der Waals surface area contributed by atoms with Gasteiger partial charge in [0.2, 0.25) is 0 Å². The second kappa shape index (κ2) is 9.99. The van der Waals surface area contributed by atoms with Crippen LogP contribution in [0.2, 0.25) is 0 Å². The van der Waals surface area contributed by atoms with Gasteiger partial charge < -0.3 is 0 Å². The predicted molar refractivity (Wildman–Crippen MR) is 140 cm³/mol. The van der Waals surface area contributed by atoms with Gasteiger partial charge in [0, 0.05) is 34.2 Å². The summed E-state index contributed by atoms with van der Waals surface area (Å²) in [5.74, 6) is -0.388. The van der Waals surface area contributed by atoms with Crippen molar-refractivity contribution >= 4 is 28.2 Å². The van der Waals surface area contributed by atoms with Crippen LogP contribution in [0.3, 0.4) is 0 Å². The van der Waals surface area contributed by atoms with Gasteiger partial charge in [0.05, 0.1) is 27.4 Å². The van der Waals surface area contributed by atoms with Gasteiger partial charge in [-0.25, -0.2) is 10.4 Å². The number of nitro groups is 1. The van der Waals surface area contributed by atoms with Gasteiger partial charge in [-0.3, -0.25) is 14.9 Å². The zero-order valence-electron chi connectivity index (χ0n) is 19.0. The fourth-order valence-electron chi connectivity index (χ4n) is 3.92. The number of carbonyl (C=O) groups is 1. The molecule has 0 atom stereocenters. The van der Waals surface area contributed by atoms with Gasteiger partial charge in [0.25, 0.3) is 11.6 Å². The minimum Gasteiger partial charge on any atom is -0.267 e. The van der Waals surface area contributed by atoms with Crippen LogP contribution in [0.1, 0.15) is 21.5 Å². The number of carbonyl (C=O) groups excluding carboxylic acids is 1. The number of fused-ring (bicyclic) bond motifs is 1. The number of hydrogen-bond acceptors (Lipinski definition) is 5. The van der Waals surface area contributed by atoms with Crippen LogP contribution in [0.5, 0.6) is 0 Å². The molecule has 0 saturated carbocycles. The molecule has 0 aliphatic carbocycles. The number of nitrogens with one attached hydrogen (secondary N) is 1.